The lowest BCUT2D eigenvalue weighted by Crippen LogP contribution is -2.19. The first-order valence-electron chi connectivity index (χ1n) is 4.17. The summed E-state index contributed by atoms with van der Waals surface area (Å²) in [7, 11) is -4.70. The van der Waals surface area contributed by atoms with Crippen LogP contribution < -0.4 is 5.44 Å². The fourth-order valence-corrected chi connectivity index (χ4v) is 2.08. The maximum absolute atomic E-state index is 11.1. The average Bonchev–Trinajstić information content (AvgIpc) is 2.19. The third kappa shape index (κ3) is 2.12. The second-order valence-electron chi connectivity index (χ2n) is 3.08. The molecule has 88 valence electrons. The number of aldehydes is 1. The van der Waals surface area contributed by atoms with Gasteiger partial charge in [0.15, 0.2) is 11.7 Å². The highest BCUT2D eigenvalue weighted by atomic mass is 31.2. The van der Waals surface area contributed by atoms with Gasteiger partial charge >= 0.3 is 7.60 Å². The van der Waals surface area contributed by atoms with Crippen LogP contribution in [-0.2, 0) is 11.2 Å². The molecule has 0 aliphatic heterocycles. The number of rotatable bonds is 3. The first kappa shape index (κ1) is 12.8. The Labute approximate surface area is 90.5 Å². The van der Waals surface area contributed by atoms with Crippen molar-refractivity contribution in [3.05, 3.63) is 16.8 Å². The van der Waals surface area contributed by atoms with Crippen molar-refractivity contribution < 1.29 is 29.4 Å². The smallest absolute Gasteiger partial charge is 0.374 e. The van der Waals surface area contributed by atoms with Gasteiger partial charge < -0.3 is 20.0 Å². The van der Waals surface area contributed by atoms with Crippen LogP contribution in [0.5, 0.6) is 5.75 Å². The van der Waals surface area contributed by atoms with Crippen LogP contribution in [0.4, 0.5) is 0 Å². The first-order chi connectivity index (χ1) is 7.32. The summed E-state index contributed by atoms with van der Waals surface area (Å²) < 4.78 is 11.1. The van der Waals surface area contributed by atoms with Gasteiger partial charge in [0.05, 0.1) is 17.9 Å². The standard InChI is InChI=1S/C8H10NO6P/c1-4-7(12)5(2-10)6(3-11)8(9-4)16(13,14)15/h2,11-12H,3H2,1H3,(H2,13,14,15). The highest BCUT2D eigenvalue weighted by Gasteiger charge is 2.28. The van der Waals surface area contributed by atoms with Crippen molar-refractivity contribution in [1.82, 2.24) is 4.98 Å². The molecular weight excluding hydrogens is 237 g/mol. The molecule has 1 rings (SSSR count). The Bertz CT molecular complexity index is 480. The fraction of sp³-hybridized carbons (Fsp3) is 0.250. The highest BCUT2D eigenvalue weighted by Crippen LogP contribution is 2.36. The maximum atomic E-state index is 11.1. The van der Waals surface area contributed by atoms with Crippen LogP contribution in [-0.4, -0.2) is 31.3 Å². The quantitative estimate of drug-likeness (QED) is 0.406. The Hall–Kier alpha value is -1.27. The number of hydrogen-bond donors (Lipinski definition) is 4. The normalized spacial score (nSPS) is 11.5. The zero-order valence-corrected chi connectivity index (χ0v) is 9.18. The van der Waals surface area contributed by atoms with E-state index < -0.39 is 25.4 Å². The molecule has 16 heavy (non-hydrogen) atoms. The van der Waals surface area contributed by atoms with E-state index in [1.54, 1.807) is 0 Å². The number of nitrogens with zero attached hydrogens (tertiary/aromatic N) is 1. The minimum absolute atomic E-state index is 0.0855. The summed E-state index contributed by atoms with van der Waals surface area (Å²) in [5.41, 5.74) is -1.48. The molecule has 0 unspecified atom stereocenters. The van der Waals surface area contributed by atoms with Gasteiger partial charge in [0.2, 0.25) is 0 Å². The number of aromatic nitrogens is 1. The lowest BCUT2D eigenvalue weighted by Gasteiger charge is -2.13. The van der Waals surface area contributed by atoms with Crippen molar-refractivity contribution in [2.45, 2.75) is 13.5 Å². The number of hydrogen-bond acceptors (Lipinski definition) is 5. The topological polar surface area (TPSA) is 128 Å². The molecule has 0 amide bonds. The van der Waals surface area contributed by atoms with Crippen molar-refractivity contribution in [3.8, 4) is 5.75 Å². The molecule has 0 radical (unpaired) electrons. The molecule has 0 bridgehead atoms. The largest absolute Gasteiger partial charge is 0.505 e. The summed E-state index contributed by atoms with van der Waals surface area (Å²) in [5.74, 6) is -0.490. The molecule has 0 aliphatic carbocycles. The summed E-state index contributed by atoms with van der Waals surface area (Å²) in [6.45, 7) is 0.498. The second kappa shape index (κ2) is 4.31. The molecule has 1 aromatic heterocycles. The van der Waals surface area contributed by atoms with E-state index in [0.29, 0.717) is 0 Å². The number of carbonyl (C=O) groups excluding carboxylic acids is 1. The molecule has 1 heterocycles. The highest BCUT2D eigenvalue weighted by molar-refractivity contribution is 7.60. The van der Waals surface area contributed by atoms with Gasteiger partial charge in [0, 0.05) is 5.56 Å². The Morgan fingerprint density at radius 1 is 1.44 bits per heavy atom. The third-order valence-electron chi connectivity index (χ3n) is 2.02. The number of aromatic hydroxyl groups is 1. The minimum Gasteiger partial charge on any atom is -0.505 e. The molecule has 0 spiro atoms. The molecular formula is C8H10NO6P. The fourth-order valence-electron chi connectivity index (χ4n) is 1.26. The van der Waals surface area contributed by atoms with Gasteiger partial charge in [0.25, 0.3) is 0 Å². The van der Waals surface area contributed by atoms with E-state index in [4.69, 9.17) is 14.9 Å². The van der Waals surface area contributed by atoms with Crippen molar-refractivity contribution >= 4 is 19.3 Å². The van der Waals surface area contributed by atoms with Crippen LogP contribution in [0, 0.1) is 6.92 Å². The van der Waals surface area contributed by atoms with E-state index >= 15 is 0 Å². The SMILES string of the molecule is Cc1nc(P(=O)(O)O)c(CO)c(C=O)c1O. The Kier molecular flexibility index (Phi) is 3.44. The van der Waals surface area contributed by atoms with Gasteiger partial charge in [-0.25, -0.2) is 4.98 Å². The molecule has 0 saturated carbocycles. The molecule has 1 aromatic rings. The number of carbonyl (C=O) groups is 1. The Morgan fingerprint density at radius 2 is 2.00 bits per heavy atom. The van der Waals surface area contributed by atoms with Gasteiger partial charge in [-0.15, -0.1) is 0 Å². The zero-order valence-electron chi connectivity index (χ0n) is 8.28. The molecule has 0 aliphatic rings. The number of pyridine rings is 1. The first-order valence-corrected chi connectivity index (χ1v) is 5.78. The van der Waals surface area contributed by atoms with Crippen molar-refractivity contribution in [3.63, 3.8) is 0 Å². The summed E-state index contributed by atoms with van der Waals surface area (Å²) in [6, 6.07) is 0. The van der Waals surface area contributed by atoms with Crippen LogP contribution in [0.1, 0.15) is 21.6 Å². The predicted octanol–water partition coefficient (Wildman–Crippen LogP) is -0.797. The Balaban J connectivity index is 3.70. The van der Waals surface area contributed by atoms with Crippen molar-refractivity contribution in [2.24, 2.45) is 0 Å². The molecule has 0 fully saturated rings. The van der Waals surface area contributed by atoms with Crippen LogP contribution in [0.3, 0.4) is 0 Å². The monoisotopic (exact) mass is 247 g/mol. The molecule has 7 nitrogen and oxygen atoms in total. The van der Waals surface area contributed by atoms with Crippen LogP contribution >= 0.6 is 7.60 Å². The minimum atomic E-state index is -4.70. The van der Waals surface area contributed by atoms with E-state index in [1.165, 1.54) is 6.92 Å². The van der Waals surface area contributed by atoms with Gasteiger partial charge in [-0.2, -0.15) is 0 Å². The summed E-state index contributed by atoms with van der Waals surface area (Å²) in [5, 5.41) is 18.4. The number of aliphatic hydroxyl groups is 1. The van der Waals surface area contributed by atoms with E-state index in [0.717, 1.165) is 0 Å². The second-order valence-corrected chi connectivity index (χ2v) is 4.59. The van der Waals surface area contributed by atoms with Gasteiger partial charge in [0.1, 0.15) is 5.75 Å². The van der Waals surface area contributed by atoms with E-state index in [-0.39, 0.29) is 23.1 Å². The maximum Gasteiger partial charge on any atom is 0.374 e. The molecule has 0 atom stereocenters. The molecule has 4 N–H and O–H groups in total. The molecule has 8 heteroatoms. The summed E-state index contributed by atoms with van der Waals surface area (Å²) >= 11 is 0. The van der Waals surface area contributed by atoms with Crippen LogP contribution in [0.2, 0.25) is 0 Å². The van der Waals surface area contributed by atoms with Gasteiger partial charge in [-0.3, -0.25) is 9.36 Å². The van der Waals surface area contributed by atoms with E-state index in [1.807, 2.05) is 0 Å². The van der Waals surface area contributed by atoms with Gasteiger partial charge in [-0.1, -0.05) is 0 Å². The van der Waals surface area contributed by atoms with E-state index in [9.17, 15) is 14.5 Å². The summed E-state index contributed by atoms with van der Waals surface area (Å²) in [6.07, 6.45) is 0.217. The van der Waals surface area contributed by atoms with Crippen LogP contribution in [0.25, 0.3) is 0 Å². The Morgan fingerprint density at radius 3 is 2.38 bits per heavy atom. The lowest BCUT2D eigenvalue weighted by atomic mass is 10.1. The molecule has 0 aromatic carbocycles. The molecule has 0 saturated heterocycles. The van der Waals surface area contributed by atoms with E-state index in [2.05, 4.69) is 4.98 Å². The lowest BCUT2D eigenvalue weighted by molar-refractivity contribution is 0.111. The average molecular weight is 247 g/mol. The van der Waals surface area contributed by atoms with Crippen molar-refractivity contribution in [2.75, 3.05) is 0 Å². The van der Waals surface area contributed by atoms with Crippen molar-refractivity contribution in [1.29, 1.82) is 0 Å². The number of aryl methyl sites for hydroxylation is 1. The third-order valence-corrected chi connectivity index (χ3v) is 2.94. The van der Waals surface area contributed by atoms with Gasteiger partial charge in [-0.05, 0) is 6.92 Å². The van der Waals surface area contributed by atoms with Crippen LogP contribution in [0.15, 0.2) is 0 Å². The zero-order chi connectivity index (χ0) is 12.5. The number of aliphatic hydroxyl groups excluding tert-OH is 1. The summed E-state index contributed by atoms with van der Waals surface area (Å²) in [4.78, 5) is 32.1. The predicted molar refractivity (Wildman–Crippen MR) is 53.6 cm³/mol.